The van der Waals surface area contributed by atoms with Gasteiger partial charge in [-0.15, -0.1) is 0 Å². The van der Waals surface area contributed by atoms with Gasteiger partial charge in [0.15, 0.2) is 5.69 Å². The quantitative estimate of drug-likeness (QED) is 0.636. The van der Waals surface area contributed by atoms with Gasteiger partial charge in [-0.3, -0.25) is 0 Å². The number of hydrogen-bond acceptors (Lipinski definition) is 5. The monoisotopic (exact) mass is 253 g/mol. The highest BCUT2D eigenvalue weighted by atomic mass is 16.5. The van der Waals surface area contributed by atoms with Crippen LogP contribution >= 0.6 is 0 Å². The number of hydrogen-bond donors (Lipinski definition) is 3. The number of nitrogen functional groups attached to an aromatic ring is 1. The molecule has 18 heavy (non-hydrogen) atoms. The molecule has 0 fully saturated rings. The Morgan fingerprint density at radius 2 is 2.28 bits per heavy atom. The Labute approximate surface area is 106 Å². The number of ether oxygens (including phenoxy) is 1. The summed E-state index contributed by atoms with van der Waals surface area (Å²) in [7, 11) is 0. The van der Waals surface area contributed by atoms with E-state index in [1.165, 1.54) is 12.1 Å². The van der Waals surface area contributed by atoms with E-state index in [9.17, 15) is 4.79 Å². The van der Waals surface area contributed by atoms with Gasteiger partial charge in [-0.2, -0.15) is 0 Å². The Kier molecular flexibility index (Phi) is 5.38. The van der Waals surface area contributed by atoms with E-state index in [4.69, 9.17) is 15.6 Å². The van der Waals surface area contributed by atoms with Crippen molar-refractivity contribution in [3.8, 4) is 0 Å². The van der Waals surface area contributed by atoms with Gasteiger partial charge in [0, 0.05) is 13.2 Å². The van der Waals surface area contributed by atoms with Crippen LogP contribution in [0, 0.1) is 5.92 Å². The molecule has 0 saturated carbocycles. The van der Waals surface area contributed by atoms with Crippen molar-refractivity contribution in [2.45, 2.75) is 13.8 Å². The second-order valence-corrected chi connectivity index (χ2v) is 4.34. The SMILES string of the molecule is CC(C)COCCNc1nc(C(=O)O)ccc1N. The molecule has 100 valence electrons. The summed E-state index contributed by atoms with van der Waals surface area (Å²) in [5.41, 5.74) is 6.08. The van der Waals surface area contributed by atoms with Gasteiger partial charge in [-0.1, -0.05) is 13.8 Å². The van der Waals surface area contributed by atoms with Gasteiger partial charge in [0.2, 0.25) is 0 Å². The number of rotatable bonds is 7. The first-order valence-corrected chi connectivity index (χ1v) is 5.82. The zero-order chi connectivity index (χ0) is 13.5. The van der Waals surface area contributed by atoms with Crippen LogP contribution in [-0.2, 0) is 4.74 Å². The minimum atomic E-state index is -1.07. The second kappa shape index (κ2) is 6.80. The first kappa shape index (κ1) is 14.2. The van der Waals surface area contributed by atoms with Crippen LogP contribution in [-0.4, -0.2) is 35.8 Å². The Morgan fingerprint density at radius 1 is 1.56 bits per heavy atom. The molecule has 4 N–H and O–H groups in total. The molecule has 0 amide bonds. The molecule has 1 rings (SSSR count). The fourth-order valence-electron chi connectivity index (χ4n) is 1.29. The molecule has 1 aromatic heterocycles. The predicted octanol–water partition coefficient (Wildman–Crippen LogP) is 1.45. The van der Waals surface area contributed by atoms with E-state index in [-0.39, 0.29) is 5.69 Å². The highest BCUT2D eigenvalue weighted by Crippen LogP contribution is 2.15. The molecule has 0 aliphatic heterocycles. The average Bonchev–Trinajstić information content (AvgIpc) is 2.30. The van der Waals surface area contributed by atoms with Crippen LogP contribution in [0.25, 0.3) is 0 Å². The number of nitrogens with two attached hydrogens (primary N) is 1. The molecule has 0 bridgehead atoms. The lowest BCUT2D eigenvalue weighted by molar-refractivity contribution is 0.0690. The molecule has 6 nitrogen and oxygen atoms in total. The molecule has 1 aromatic rings. The van der Waals surface area contributed by atoms with E-state index in [1.807, 2.05) is 0 Å². The van der Waals surface area contributed by atoms with Crippen LogP contribution in [0.4, 0.5) is 11.5 Å². The maximum atomic E-state index is 10.8. The summed E-state index contributed by atoms with van der Waals surface area (Å²) in [5, 5.41) is 11.8. The first-order valence-electron chi connectivity index (χ1n) is 5.82. The average molecular weight is 253 g/mol. The van der Waals surface area contributed by atoms with Crippen LogP contribution in [0.1, 0.15) is 24.3 Å². The molecule has 0 aromatic carbocycles. The van der Waals surface area contributed by atoms with Crippen LogP contribution in [0.15, 0.2) is 12.1 Å². The van der Waals surface area contributed by atoms with E-state index in [0.29, 0.717) is 37.2 Å². The molecule has 6 heteroatoms. The Morgan fingerprint density at radius 3 is 2.89 bits per heavy atom. The third-order valence-corrected chi connectivity index (χ3v) is 2.14. The van der Waals surface area contributed by atoms with E-state index in [0.717, 1.165) is 0 Å². The van der Waals surface area contributed by atoms with Crippen LogP contribution < -0.4 is 11.1 Å². The molecular weight excluding hydrogens is 234 g/mol. The van der Waals surface area contributed by atoms with Crippen molar-refractivity contribution in [3.05, 3.63) is 17.8 Å². The third kappa shape index (κ3) is 4.58. The van der Waals surface area contributed by atoms with Crippen molar-refractivity contribution < 1.29 is 14.6 Å². The smallest absolute Gasteiger partial charge is 0.354 e. The topological polar surface area (TPSA) is 97.5 Å². The molecule has 0 aliphatic carbocycles. The zero-order valence-corrected chi connectivity index (χ0v) is 10.6. The first-order chi connectivity index (χ1) is 8.50. The summed E-state index contributed by atoms with van der Waals surface area (Å²) in [6.07, 6.45) is 0. The summed E-state index contributed by atoms with van der Waals surface area (Å²) in [6, 6.07) is 2.89. The summed E-state index contributed by atoms with van der Waals surface area (Å²) in [4.78, 5) is 14.7. The van der Waals surface area contributed by atoms with Crippen LogP contribution in [0.2, 0.25) is 0 Å². The lowest BCUT2D eigenvalue weighted by Gasteiger charge is -2.10. The predicted molar refractivity (Wildman–Crippen MR) is 69.8 cm³/mol. The van der Waals surface area contributed by atoms with Crippen molar-refractivity contribution in [1.29, 1.82) is 0 Å². The van der Waals surface area contributed by atoms with Crippen molar-refractivity contribution in [2.75, 3.05) is 30.8 Å². The van der Waals surface area contributed by atoms with Crippen molar-refractivity contribution in [2.24, 2.45) is 5.92 Å². The Bertz CT molecular complexity index is 408. The number of nitrogens with zero attached hydrogens (tertiary/aromatic N) is 1. The Balaban J connectivity index is 2.46. The number of nitrogens with one attached hydrogen (secondary N) is 1. The summed E-state index contributed by atoms with van der Waals surface area (Å²) in [5.74, 6) is -0.208. The number of carboxylic acids is 1. The fourth-order valence-corrected chi connectivity index (χ4v) is 1.29. The molecule has 0 spiro atoms. The molecule has 0 radical (unpaired) electrons. The van der Waals surface area contributed by atoms with E-state index in [2.05, 4.69) is 24.1 Å². The van der Waals surface area contributed by atoms with Gasteiger partial charge in [0.05, 0.1) is 12.3 Å². The molecule has 0 aliphatic rings. The number of aromatic carboxylic acids is 1. The number of carbonyl (C=O) groups is 1. The summed E-state index contributed by atoms with van der Waals surface area (Å²) >= 11 is 0. The Hall–Kier alpha value is -1.82. The third-order valence-electron chi connectivity index (χ3n) is 2.14. The van der Waals surface area contributed by atoms with Crippen molar-refractivity contribution in [1.82, 2.24) is 4.98 Å². The summed E-state index contributed by atoms with van der Waals surface area (Å²) < 4.78 is 5.39. The zero-order valence-electron chi connectivity index (χ0n) is 10.6. The number of carboxylic acid groups (broad SMARTS) is 1. The normalized spacial score (nSPS) is 10.6. The van der Waals surface area contributed by atoms with E-state index < -0.39 is 5.97 Å². The molecular formula is C12H19N3O3. The van der Waals surface area contributed by atoms with Crippen molar-refractivity contribution >= 4 is 17.5 Å². The van der Waals surface area contributed by atoms with Gasteiger partial charge in [-0.05, 0) is 18.1 Å². The van der Waals surface area contributed by atoms with Gasteiger partial charge in [0.1, 0.15) is 5.82 Å². The number of anilines is 2. The van der Waals surface area contributed by atoms with Crippen LogP contribution in [0.5, 0.6) is 0 Å². The molecule has 0 unspecified atom stereocenters. The molecule has 0 saturated heterocycles. The lowest BCUT2D eigenvalue weighted by Crippen LogP contribution is -2.15. The second-order valence-electron chi connectivity index (χ2n) is 4.34. The fraction of sp³-hybridized carbons (Fsp3) is 0.500. The largest absolute Gasteiger partial charge is 0.477 e. The maximum Gasteiger partial charge on any atom is 0.354 e. The van der Waals surface area contributed by atoms with E-state index >= 15 is 0 Å². The minimum absolute atomic E-state index is 0.0326. The summed E-state index contributed by atoms with van der Waals surface area (Å²) in [6.45, 7) is 5.90. The highest BCUT2D eigenvalue weighted by Gasteiger charge is 2.08. The standard InChI is InChI=1S/C12H19N3O3/c1-8(2)7-18-6-5-14-11-9(13)3-4-10(15-11)12(16)17/h3-4,8H,5-7,13H2,1-2H3,(H,14,15)(H,16,17). The van der Waals surface area contributed by atoms with Crippen LogP contribution in [0.3, 0.4) is 0 Å². The minimum Gasteiger partial charge on any atom is -0.477 e. The highest BCUT2D eigenvalue weighted by molar-refractivity contribution is 5.86. The van der Waals surface area contributed by atoms with Gasteiger partial charge in [0.25, 0.3) is 0 Å². The van der Waals surface area contributed by atoms with Gasteiger partial charge < -0.3 is 20.9 Å². The number of aromatic nitrogens is 1. The van der Waals surface area contributed by atoms with E-state index in [1.54, 1.807) is 0 Å². The van der Waals surface area contributed by atoms with Gasteiger partial charge >= 0.3 is 5.97 Å². The maximum absolute atomic E-state index is 10.8. The molecule has 1 heterocycles. The van der Waals surface area contributed by atoms with Gasteiger partial charge in [-0.25, -0.2) is 9.78 Å². The number of pyridine rings is 1. The lowest BCUT2D eigenvalue weighted by atomic mass is 10.2. The molecule has 0 atom stereocenters. The van der Waals surface area contributed by atoms with Crippen molar-refractivity contribution in [3.63, 3.8) is 0 Å².